The van der Waals surface area contributed by atoms with Crippen LogP contribution in [0.2, 0.25) is 5.02 Å². The van der Waals surface area contributed by atoms with Gasteiger partial charge in [-0.2, -0.15) is 0 Å². The monoisotopic (exact) mass is 499 g/mol. The minimum Gasteiger partial charge on any atom is -0.382 e. The molecule has 0 fully saturated rings. The Morgan fingerprint density at radius 1 is 1.10 bits per heavy atom. The molecule has 2 aromatic carbocycles. The maximum absolute atomic E-state index is 6.26. The van der Waals surface area contributed by atoms with Crippen molar-refractivity contribution in [3.63, 3.8) is 0 Å². The second-order valence-corrected chi connectivity index (χ2v) is 9.12. The molecule has 0 spiro atoms. The van der Waals surface area contributed by atoms with E-state index in [4.69, 9.17) is 16.6 Å². The molecule has 3 rings (SSSR count). The molecule has 1 unspecified atom stereocenters. The van der Waals surface area contributed by atoms with Gasteiger partial charge in [-0.1, -0.05) is 65.7 Å². The maximum Gasteiger partial charge on any atom is 0.0744 e. The lowest BCUT2D eigenvalue weighted by molar-refractivity contribution is 0.295. The number of hydrogen-bond acceptors (Lipinski definition) is 3. The van der Waals surface area contributed by atoms with Gasteiger partial charge >= 0.3 is 0 Å². The smallest absolute Gasteiger partial charge is 0.0744 e. The third-order valence-electron chi connectivity index (χ3n) is 5.54. The molecule has 0 aliphatic rings. The second kappa shape index (κ2) is 11.7. The number of pyridine rings is 1. The van der Waals surface area contributed by atoms with Crippen molar-refractivity contribution < 1.29 is 0 Å². The lowest BCUT2D eigenvalue weighted by Gasteiger charge is -2.21. The van der Waals surface area contributed by atoms with Gasteiger partial charge in [-0.25, -0.2) is 4.98 Å². The van der Waals surface area contributed by atoms with E-state index in [1.807, 2.05) is 30.3 Å². The molecule has 0 aliphatic carbocycles. The van der Waals surface area contributed by atoms with Crippen molar-refractivity contribution in [2.45, 2.75) is 39.7 Å². The number of hydrogen-bond donors (Lipinski definition) is 1. The van der Waals surface area contributed by atoms with Crippen LogP contribution in [0.4, 0.5) is 5.69 Å². The lowest BCUT2D eigenvalue weighted by Crippen LogP contribution is -2.25. The van der Waals surface area contributed by atoms with Gasteiger partial charge in [-0.3, -0.25) is 0 Å². The van der Waals surface area contributed by atoms with E-state index in [2.05, 4.69) is 77.3 Å². The molecule has 1 atom stereocenters. The maximum atomic E-state index is 6.26. The van der Waals surface area contributed by atoms with Crippen molar-refractivity contribution >= 4 is 56.3 Å². The van der Waals surface area contributed by atoms with Gasteiger partial charge in [-0.05, 0) is 81.4 Å². The average Bonchev–Trinajstić information content (AvgIpc) is 2.76. The summed E-state index contributed by atoms with van der Waals surface area (Å²) in [4.78, 5) is 7.30. The number of nitrogens with one attached hydrogen (secondary N) is 1. The third kappa shape index (κ3) is 6.80. The van der Waals surface area contributed by atoms with Gasteiger partial charge in [0.2, 0.25) is 0 Å². The Kier molecular flexibility index (Phi) is 8.94. The standard InChI is InChI=1S/C26H31BrClN3/c1-4-31(5-2)16-8-9-19(3)29-26-18-22(14-12-20-10-6-7-11-24(20)27)30-25-17-21(28)13-15-23(25)26/h6-7,10-15,17-19H,4-5,8-9,16H2,1-3H3,(H,29,30). The summed E-state index contributed by atoms with van der Waals surface area (Å²) < 4.78 is 1.07. The Bertz CT molecular complexity index is 1030. The van der Waals surface area contributed by atoms with Crippen LogP contribution in [0.3, 0.4) is 0 Å². The molecule has 0 amide bonds. The number of anilines is 1. The van der Waals surface area contributed by atoms with Gasteiger partial charge in [-0.15, -0.1) is 0 Å². The van der Waals surface area contributed by atoms with E-state index in [1.54, 1.807) is 0 Å². The van der Waals surface area contributed by atoms with E-state index in [1.165, 1.54) is 6.42 Å². The summed E-state index contributed by atoms with van der Waals surface area (Å²) in [5.41, 5.74) is 4.03. The molecule has 1 N–H and O–H groups in total. The minimum absolute atomic E-state index is 0.372. The molecule has 3 aromatic rings. The van der Waals surface area contributed by atoms with Gasteiger partial charge in [0.15, 0.2) is 0 Å². The fraction of sp³-hybridized carbons (Fsp3) is 0.346. The first-order valence-electron chi connectivity index (χ1n) is 11.0. The van der Waals surface area contributed by atoms with Crippen molar-refractivity contribution in [3.05, 3.63) is 69.3 Å². The Labute approximate surface area is 199 Å². The number of halogens is 2. The zero-order valence-electron chi connectivity index (χ0n) is 18.5. The van der Waals surface area contributed by atoms with E-state index >= 15 is 0 Å². The highest BCUT2D eigenvalue weighted by Crippen LogP contribution is 2.28. The van der Waals surface area contributed by atoms with E-state index < -0.39 is 0 Å². The van der Waals surface area contributed by atoms with Crippen molar-refractivity contribution in [3.8, 4) is 0 Å². The summed E-state index contributed by atoms with van der Waals surface area (Å²) in [5.74, 6) is 0. The first-order valence-corrected chi connectivity index (χ1v) is 12.2. The Hall–Kier alpha value is -1.88. The molecule has 1 heterocycles. The summed E-state index contributed by atoms with van der Waals surface area (Å²) >= 11 is 9.87. The Balaban J connectivity index is 1.81. The summed E-state index contributed by atoms with van der Waals surface area (Å²) in [6.45, 7) is 10.1. The van der Waals surface area contributed by atoms with Gasteiger partial charge in [0.05, 0.1) is 11.2 Å². The van der Waals surface area contributed by atoms with Crippen LogP contribution >= 0.6 is 27.5 Å². The van der Waals surface area contributed by atoms with Crippen LogP contribution in [-0.4, -0.2) is 35.6 Å². The lowest BCUT2D eigenvalue weighted by atomic mass is 10.1. The van der Waals surface area contributed by atoms with Crippen molar-refractivity contribution in [1.29, 1.82) is 0 Å². The van der Waals surface area contributed by atoms with Gasteiger partial charge in [0.1, 0.15) is 0 Å². The quantitative estimate of drug-likeness (QED) is 0.308. The molecule has 0 saturated carbocycles. The molecule has 0 radical (unpaired) electrons. The van der Waals surface area contributed by atoms with Crippen LogP contribution < -0.4 is 5.32 Å². The largest absolute Gasteiger partial charge is 0.382 e. The zero-order valence-corrected chi connectivity index (χ0v) is 20.9. The Morgan fingerprint density at radius 2 is 1.87 bits per heavy atom. The van der Waals surface area contributed by atoms with Crippen LogP contribution in [0, 0.1) is 0 Å². The molecule has 164 valence electrons. The molecule has 3 nitrogen and oxygen atoms in total. The minimum atomic E-state index is 0.372. The average molecular weight is 501 g/mol. The zero-order chi connectivity index (χ0) is 22.2. The molecule has 0 bridgehead atoms. The summed E-state index contributed by atoms with van der Waals surface area (Å²) in [6, 6.07) is 16.6. The molecule has 0 saturated heterocycles. The van der Waals surface area contributed by atoms with E-state index in [0.29, 0.717) is 11.1 Å². The summed E-state index contributed by atoms with van der Waals surface area (Å²) in [7, 11) is 0. The number of aromatic nitrogens is 1. The second-order valence-electron chi connectivity index (χ2n) is 7.83. The van der Waals surface area contributed by atoms with Gasteiger partial charge < -0.3 is 10.2 Å². The van der Waals surface area contributed by atoms with Gasteiger partial charge in [0.25, 0.3) is 0 Å². The van der Waals surface area contributed by atoms with E-state index in [0.717, 1.165) is 58.4 Å². The van der Waals surface area contributed by atoms with Crippen LogP contribution in [0.1, 0.15) is 44.9 Å². The van der Waals surface area contributed by atoms with Crippen molar-refractivity contribution in [2.24, 2.45) is 0 Å². The van der Waals surface area contributed by atoms with Crippen LogP contribution in [0.25, 0.3) is 23.1 Å². The summed E-state index contributed by atoms with van der Waals surface area (Å²) in [6.07, 6.45) is 6.44. The number of nitrogens with zero attached hydrogens (tertiary/aromatic N) is 2. The predicted octanol–water partition coefficient (Wildman–Crippen LogP) is 7.74. The molecule has 1 aromatic heterocycles. The highest BCUT2D eigenvalue weighted by atomic mass is 79.9. The molecule has 5 heteroatoms. The summed E-state index contributed by atoms with van der Waals surface area (Å²) in [5, 5.41) is 5.51. The van der Waals surface area contributed by atoms with E-state index in [-0.39, 0.29) is 0 Å². The van der Waals surface area contributed by atoms with E-state index in [9.17, 15) is 0 Å². The molecular formula is C26H31BrClN3. The SMILES string of the molecule is CCN(CC)CCCC(C)Nc1cc(C=Cc2ccccc2Br)nc2cc(Cl)ccc12. The fourth-order valence-electron chi connectivity index (χ4n) is 3.71. The van der Waals surface area contributed by atoms with Crippen LogP contribution in [0.15, 0.2) is 53.0 Å². The van der Waals surface area contributed by atoms with Crippen LogP contribution in [-0.2, 0) is 0 Å². The fourth-order valence-corrected chi connectivity index (χ4v) is 4.29. The van der Waals surface area contributed by atoms with Gasteiger partial charge in [0, 0.05) is 26.6 Å². The van der Waals surface area contributed by atoms with Crippen LogP contribution in [0.5, 0.6) is 0 Å². The highest BCUT2D eigenvalue weighted by molar-refractivity contribution is 9.10. The first-order chi connectivity index (χ1) is 15.0. The van der Waals surface area contributed by atoms with Crippen molar-refractivity contribution in [2.75, 3.05) is 25.0 Å². The molecular weight excluding hydrogens is 470 g/mol. The number of fused-ring (bicyclic) bond motifs is 1. The topological polar surface area (TPSA) is 28.2 Å². The number of rotatable bonds is 10. The predicted molar refractivity (Wildman–Crippen MR) is 140 cm³/mol. The first kappa shape index (κ1) is 23.8. The van der Waals surface area contributed by atoms with Crippen molar-refractivity contribution in [1.82, 2.24) is 9.88 Å². The third-order valence-corrected chi connectivity index (χ3v) is 6.50. The molecule has 31 heavy (non-hydrogen) atoms. The highest BCUT2D eigenvalue weighted by Gasteiger charge is 2.10. The Morgan fingerprint density at radius 3 is 2.61 bits per heavy atom. The number of benzene rings is 2. The normalized spacial score (nSPS) is 12.7. The molecule has 0 aliphatic heterocycles.